The van der Waals surface area contributed by atoms with Crippen LogP contribution in [0.2, 0.25) is 0 Å². The highest BCUT2D eigenvalue weighted by atomic mass is 16.2. The van der Waals surface area contributed by atoms with Crippen molar-refractivity contribution in [2.24, 2.45) is 5.92 Å². The molecule has 0 saturated carbocycles. The quantitative estimate of drug-likeness (QED) is 0.789. The van der Waals surface area contributed by atoms with Crippen molar-refractivity contribution in [3.8, 4) is 0 Å². The van der Waals surface area contributed by atoms with Crippen LogP contribution in [0.4, 0.5) is 5.82 Å². The smallest absolute Gasteiger partial charge is 0.273 e. The molecular weight excluding hydrogens is 312 g/mol. The maximum atomic E-state index is 12.9. The van der Waals surface area contributed by atoms with Crippen molar-refractivity contribution in [3.63, 3.8) is 0 Å². The lowest BCUT2D eigenvalue weighted by Crippen LogP contribution is -2.37. The van der Waals surface area contributed by atoms with E-state index in [-0.39, 0.29) is 11.9 Å². The molecule has 1 amide bonds. The van der Waals surface area contributed by atoms with Crippen LogP contribution in [0.3, 0.4) is 0 Å². The van der Waals surface area contributed by atoms with E-state index in [4.69, 9.17) is 0 Å². The summed E-state index contributed by atoms with van der Waals surface area (Å²) in [7, 11) is 0. The molecule has 0 spiro atoms. The Morgan fingerprint density at radius 3 is 2.48 bits per heavy atom. The summed E-state index contributed by atoms with van der Waals surface area (Å²) in [6.07, 6.45) is 2.51. The highest BCUT2D eigenvalue weighted by molar-refractivity contribution is 5.93. The van der Waals surface area contributed by atoms with E-state index >= 15 is 0 Å². The number of hydrogen-bond acceptors (Lipinski definition) is 4. The predicted molar refractivity (Wildman–Crippen MR) is 101 cm³/mol. The summed E-state index contributed by atoms with van der Waals surface area (Å²) >= 11 is 0. The number of amides is 1. The van der Waals surface area contributed by atoms with Crippen LogP contribution < -0.4 is 5.32 Å². The van der Waals surface area contributed by atoms with Gasteiger partial charge >= 0.3 is 0 Å². The zero-order valence-corrected chi connectivity index (χ0v) is 15.6. The molecule has 0 bridgehead atoms. The molecule has 0 radical (unpaired) electrons. The lowest BCUT2D eigenvalue weighted by Gasteiger charge is -2.26. The molecule has 0 aliphatic carbocycles. The fourth-order valence-corrected chi connectivity index (χ4v) is 2.48. The molecule has 2 rings (SSSR count). The SMILES string of the molecule is CC(C)CCNc1cc(C(=O)N(Cc2ccccc2)C(C)C)ncn1. The van der Waals surface area contributed by atoms with Gasteiger partial charge < -0.3 is 10.2 Å². The summed E-state index contributed by atoms with van der Waals surface area (Å²) in [5.74, 6) is 1.24. The number of benzene rings is 1. The molecule has 2 aromatic rings. The summed E-state index contributed by atoms with van der Waals surface area (Å²) in [4.78, 5) is 23.2. The van der Waals surface area contributed by atoms with Gasteiger partial charge in [0, 0.05) is 25.2 Å². The molecule has 5 nitrogen and oxygen atoms in total. The number of hydrogen-bond donors (Lipinski definition) is 1. The Labute approximate surface area is 150 Å². The van der Waals surface area contributed by atoms with Gasteiger partial charge in [-0.25, -0.2) is 9.97 Å². The first-order chi connectivity index (χ1) is 12.0. The second kappa shape index (κ2) is 9.16. The van der Waals surface area contributed by atoms with Gasteiger partial charge in [-0.05, 0) is 31.7 Å². The number of nitrogens with zero attached hydrogens (tertiary/aromatic N) is 3. The lowest BCUT2D eigenvalue weighted by molar-refractivity contribution is 0.0684. The van der Waals surface area contributed by atoms with Crippen LogP contribution in [0, 0.1) is 5.92 Å². The van der Waals surface area contributed by atoms with E-state index < -0.39 is 0 Å². The molecule has 1 N–H and O–H groups in total. The Morgan fingerprint density at radius 1 is 1.12 bits per heavy atom. The Hall–Kier alpha value is -2.43. The van der Waals surface area contributed by atoms with Gasteiger partial charge in [-0.15, -0.1) is 0 Å². The average Bonchev–Trinajstić information content (AvgIpc) is 2.60. The molecule has 25 heavy (non-hydrogen) atoms. The summed E-state index contributed by atoms with van der Waals surface area (Å²) in [6, 6.07) is 11.8. The van der Waals surface area contributed by atoms with Crippen molar-refractivity contribution in [3.05, 3.63) is 54.0 Å². The number of rotatable bonds is 8. The molecule has 1 aromatic carbocycles. The molecule has 134 valence electrons. The number of carbonyl (C=O) groups excluding carboxylic acids is 1. The van der Waals surface area contributed by atoms with E-state index in [9.17, 15) is 4.79 Å². The zero-order chi connectivity index (χ0) is 18.2. The standard InChI is InChI=1S/C20H28N4O/c1-15(2)10-11-21-19-12-18(22-14-23-19)20(25)24(16(3)4)13-17-8-6-5-7-9-17/h5-9,12,14-16H,10-11,13H2,1-4H3,(H,21,22,23). The van der Waals surface area contributed by atoms with Crippen LogP contribution >= 0.6 is 0 Å². The van der Waals surface area contributed by atoms with Gasteiger partial charge in [0.15, 0.2) is 0 Å². The third-order valence-corrected chi connectivity index (χ3v) is 3.99. The zero-order valence-electron chi connectivity index (χ0n) is 15.6. The van der Waals surface area contributed by atoms with Gasteiger partial charge in [-0.2, -0.15) is 0 Å². The summed E-state index contributed by atoms with van der Waals surface area (Å²) in [5, 5.41) is 3.27. The third-order valence-electron chi connectivity index (χ3n) is 3.99. The molecular formula is C20H28N4O. The van der Waals surface area contributed by atoms with Gasteiger partial charge in [0.25, 0.3) is 5.91 Å². The number of carbonyl (C=O) groups is 1. The summed E-state index contributed by atoms with van der Waals surface area (Å²) < 4.78 is 0. The van der Waals surface area contributed by atoms with Gasteiger partial charge in [0.05, 0.1) is 0 Å². The molecule has 0 unspecified atom stereocenters. The number of anilines is 1. The summed E-state index contributed by atoms with van der Waals surface area (Å²) in [5.41, 5.74) is 1.53. The van der Waals surface area contributed by atoms with E-state index in [1.54, 1.807) is 6.07 Å². The summed E-state index contributed by atoms with van der Waals surface area (Å²) in [6.45, 7) is 9.80. The van der Waals surface area contributed by atoms with Crippen molar-refractivity contribution in [1.82, 2.24) is 14.9 Å². The van der Waals surface area contributed by atoms with E-state index in [1.807, 2.05) is 49.1 Å². The average molecular weight is 340 g/mol. The van der Waals surface area contributed by atoms with Crippen LogP contribution in [-0.4, -0.2) is 33.4 Å². The monoisotopic (exact) mass is 340 g/mol. The Balaban J connectivity index is 2.10. The first-order valence-electron chi connectivity index (χ1n) is 8.88. The molecule has 0 fully saturated rings. The third kappa shape index (κ3) is 5.85. The maximum absolute atomic E-state index is 12.9. The highest BCUT2D eigenvalue weighted by Crippen LogP contribution is 2.14. The van der Waals surface area contributed by atoms with Gasteiger partial charge in [-0.3, -0.25) is 4.79 Å². The highest BCUT2D eigenvalue weighted by Gasteiger charge is 2.20. The van der Waals surface area contributed by atoms with Gasteiger partial charge in [-0.1, -0.05) is 44.2 Å². The van der Waals surface area contributed by atoms with Crippen LogP contribution in [0.25, 0.3) is 0 Å². The van der Waals surface area contributed by atoms with Crippen molar-refractivity contribution < 1.29 is 4.79 Å². The molecule has 0 aliphatic rings. The van der Waals surface area contributed by atoms with Gasteiger partial charge in [0.1, 0.15) is 17.8 Å². The Morgan fingerprint density at radius 2 is 1.84 bits per heavy atom. The minimum atomic E-state index is -0.0758. The first kappa shape index (κ1) is 18.9. The fourth-order valence-electron chi connectivity index (χ4n) is 2.48. The molecule has 1 aromatic heterocycles. The fraction of sp³-hybridized carbons (Fsp3) is 0.450. The van der Waals surface area contributed by atoms with E-state index in [0.717, 1.165) is 18.5 Å². The van der Waals surface area contributed by atoms with Crippen LogP contribution in [0.1, 0.15) is 50.2 Å². The number of aromatic nitrogens is 2. The van der Waals surface area contributed by atoms with Crippen molar-refractivity contribution >= 4 is 11.7 Å². The molecule has 1 heterocycles. The minimum absolute atomic E-state index is 0.0758. The van der Waals surface area contributed by atoms with Crippen molar-refractivity contribution in [2.45, 2.75) is 46.7 Å². The predicted octanol–water partition coefficient (Wildman–Crippen LogP) is 3.99. The van der Waals surface area contributed by atoms with E-state index in [2.05, 4.69) is 29.1 Å². The molecule has 0 saturated heterocycles. The number of nitrogens with one attached hydrogen (secondary N) is 1. The molecule has 0 atom stereocenters. The first-order valence-corrected chi connectivity index (χ1v) is 8.88. The second-order valence-electron chi connectivity index (χ2n) is 6.91. The van der Waals surface area contributed by atoms with Crippen molar-refractivity contribution in [2.75, 3.05) is 11.9 Å². The van der Waals surface area contributed by atoms with E-state index in [0.29, 0.717) is 24.0 Å². The lowest BCUT2D eigenvalue weighted by atomic mass is 10.1. The Kier molecular flexibility index (Phi) is 6.92. The van der Waals surface area contributed by atoms with Crippen molar-refractivity contribution in [1.29, 1.82) is 0 Å². The van der Waals surface area contributed by atoms with Crippen LogP contribution in [-0.2, 0) is 6.54 Å². The molecule has 0 aliphatic heterocycles. The largest absolute Gasteiger partial charge is 0.370 e. The normalized spacial score (nSPS) is 11.0. The Bertz CT molecular complexity index is 670. The van der Waals surface area contributed by atoms with Gasteiger partial charge in [0.2, 0.25) is 0 Å². The topological polar surface area (TPSA) is 58.1 Å². The van der Waals surface area contributed by atoms with Crippen LogP contribution in [0.15, 0.2) is 42.7 Å². The maximum Gasteiger partial charge on any atom is 0.273 e. The van der Waals surface area contributed by atoms with E-state index in [1.165, 1.54) is 6.33 Å². The minimum Gasteiger partial charge on any atom is -0.370 e. The second-order valence-corrected chi connectivity index (χ2v) is 6.91. The molecule has 5 heteroatoms. The van der Waals surface area contributed by atoms with Crippen LogP contribution in [0.5, 0.6) is 0 Å².